The van der Waals surface area contributed by atoms with E-state index in [2.05, 4.69) is 20.8 Å². The Bertz CT molecular complexity index is 694. The van der Waals surface area contributed by atoms with Gasteiger partial charge in [-0.05, 0) is 51.3 Å². The van der Waals surface area contributed by atoms with Gasteiger partial charge >= 0.3 is 11.8 Å². The molecule has 0 atom stereocenters. The van der Waals surface area contributed by atoms with Crippen molar-refractivity contribution in [1.29, 1.82) is 0 Å². The summed E-state index contributed by atoms with van der Waals surface area (Å²) in [6.45, 7) is 3.01. The molecular formula is C16H21N5O3. The van der Waals surface area contributed by atoms with Gasteiger partial charge in [-0.2, -0.15) is 0 Å². The van der Waals surface area contributed by atoms with Gasteiger partial charge in [0, 0.05) is 24.7 Å². The van der Waals surface area contributed by atoms with Crippen LogP contribution in [0.4, 0.5) is 5.69 Å². The summed E-state index contributed by atoms with van der Waals surface area (Å²) in [5, 5.41) is 12.8. The lowest BCUT2D eigenvalue weighted by molar-refractivity contribution is -0.136. The van der Waals surface area contributed by atoms with Gasteiger partial charge in [-0.3, -0.25) is 9.59 Å². The molecule has 2 amide bonds. The number of aromatic nitrogens is 2. The number of benzene rings is 1. The highest BCUT2D eigenvalue weighted by Crippen LogP contribution is 2.19. The van der Waals surface area contributed by atoms with Crippen LogP contribution in [0.2, 0.25) is 0 Å². The quantitative estimate of drug-likeness (QED) is 0.606. The monoisotopic (exact) mass is 331 g/mol. The Morgan fingerprint density at radius 1 is 1.12 bits per heavy atom. The Morgan fingerprint density at radius 2 is 1.83 bits per heavy atom. The number of aryl methyl sites for hydroxylation is 1. The average Bonchev–Trinajstić information content (AvgIpc) is 2.98. The van der Waals surface area contributed by atoms with Crippen molar-refractivity contribution >= 4 is 17.5 Å². The highest BCUT2D eigenvalue weighted by atomic mass is 16.4. The lowest BCUT2D eigenvalue weighted by Gasteiger charge is -2.10. The van der Waals surface area contributed by atoms with Gasteiger partial charge in [-0.25, -0.2) is 0 Å². The van der Waals surface area contributed by atoms with Crippen LogP contribution in [0.25, 0.3) is 11.5 Å². The Hall–Kier alpha value is -2.74. The van der Waals surface area contributed by atoms with Crippen molar-refractivity contribution in [3.8, 4) is 11.5 Å². The van der Waals surface area contributed by atoms with E-state index < -0.39 is 11.8 Å². The number of carbonyl (C=O) groups excluding carboxylic acids is 2. The summed E-state index contributed by atoms with van der Waals surface area (Å²) in [5.74, 6) is -0.455. The molecule has 0 aliphatic carbocycles. The topological polar surface area (TPSA) is 100 Å². The Morgan fingerprint density at radius 3 is 2.42 bits per heavy atom. The fourth-order valence-electron chi connectivity index (χ4n) is 1.97. The maximum absolute atomic E-state index is 11.8. The number of hydrogen-bond donors (Lipinski definition) is 2. The van der Waals surface area contributed by atoms with Crippen LogP contribution in [0.3, 0.4) is 0 Å². The van der Waals surface area contributed by atoms with E-state index in [1.165, 1.54) is 0 Å². The lowest BCUT2D eigenvalue weighted by Crippen LogP contribution is -2.36. The van der Waals surface area contributed by atoms with Gasteiger partial charge in [0.15, 0.2) is 0 Å². The predicted octanol–water partition coefficient (Wildman–Crippen LogP) is 1.05. The van der Waals surface area contributed by atoms with E-state index in [0.29, 0.717) is 24.0 Å². The number of nitrogens with one attached hydrogen (secondary N) is 2. The van der Waals surface area contributed by atoms with Crippen molar-refractivity contribution in [2.45, 2.75) is 13.3 Å². The summed E-state index contributed by atoms with van der Waals surface area (Å²) in [6, 6.07) is 6.81. The predicted molar refractivity (Wildman–Crippen MR) is 89.3 cm³/mol. The van der Waals surface area contributed by atoms with Gasteiger partial charge in [0.1, 0.15) is 0 Å². The van der Waals surface area contributed by atoms with E-state index in [1.54, 1.807) is 31.2 Å². The van der Waals surface area contributed by atoms with Gasteiger partial charge in [-0.15, -0.1) is 10.2 Å². The summed E-state index contributed by atoms with van der Waals surface area (Å²) in [4.78, 5) is 25.6. The zero-order valence-corrected chi connectivity index (χ0v) is 14.0. The smallest absolute Gasteiger partial charge is 0.313 e. The van der Waals surface area contributed by atoms with Crippen molar-refractivity contribution in [2.24, 2.45) is 0 Å². The maximum Gasteiger partial charge on any atom is 0.313 e. The number of amides is 2. The minimum atomic E-state index is -0.693. The van der Waals surface area contributed by atoms with E-state index >= 15 is 0 Å². The highest BCUT2D eigenvalue weighted by Gasteiger charge is 2.13. The van der Waals surface area contributed by atoms with Crippen LogP contribution >= 0.6 is 0 Å². The van der Waals surface area contributed by atoms with Crippen molar-refractivity contribution in [1.82, 2.24) is 20.4 Å². The molecule has 0 bridgehead atoms. The van der Waals surface area contributed by atoms with Crippen LogP contribution in [-0.2, 0) is 9.59 Å². The van der Waals surface area contributed by atoms with Gasteiger partial charge in [0.25, 0.3) is 0 Å². The fourth-order valence-corrected chi connectivity index (χ4v) is 1.97. The van der Waals surface area contributed by atoms with E-state index in [-0.39, 0.29) is 0 Å². The van der Waals surface area contributed by atoms with Gasteiger partial charge < -0.3 is 20.0 Å². The molecule has 0 saturated carbocycles. The lowest BCUT2D eigenvalue weighted by atomic mass is 10.2. The zero-order valence-electron chi connectivity index (χ0n) is 14.0. The van der Waals surface area contributed by atoms with Crippen LogP contribution < -0.4 is 10.6 Å². The average molecular weight is 331 g/mol. The second kappa shape index (κ2) is 8.21. The fraction of sp³-hybridized carbons (Fsp3) is 0.375. The third-order valence-corrected chi connectivity index (χ3v) is 3.19. The summed E-state index contributed by atoms with van der Waals surface area (Å²) >= 11 is 0. The normalized spacial score (nSPS) is 10.7. The molecule has 0 aliphatic rings. The second-order valence-corrected chi connectivity index (χ2v) is 5.57. The second-order valence-electron chi connectivity index (χ2n) is 5.57. The first-order valence-corrected chi connectivity index (χ1v) is 7.60. The third kappa shape index (κ3) is 5.17. The van der Waals surface area contributed by atoms with Crippen molar-refractivity contribution in [3.05, 3.63) is 30.2 Å². The number of hydrogen-bond acceptors (Lipinski definition) is 6. The SMILES string of the molecule is Cc1nnc(-c2ccc(NC(=O)C(=O)NCCCN(C)C)cc2)o1. The third-order valence-electron chi connectivity index (χ3n) is 3.19. The molecule has 8 heteroatoms. The largest absolute Gasteiger partial charge is 0.421 e. The molecule has 0 fully saturated rings. The molecule has 1 aromatic carbocycles. The molecule has 128 valence electrons. The number of anilines is 1. The standard InChI is InChI=1S/C16H21N5O3/c1-11-19-20-16(24-11)12-5-7-13(8-6-12)18-15(23)14(22)17-9-4-10-21(2)3/h5-8H,4,9-10H2,1-3H3,(H,17,22)(H,18,23). The zero-order chi connectivity index (χ0) is 17.5. The van der Waals surface area contributed by atoms with Crippen LogP contribution in [0, 0.1) is 6.92 Å². The molecule has 8 nitrogen and oxygen atoms in total. The van der Waals surface area contributed by atoms with Crippen molar-refractivity contribution < 1.29 is 14.0 Å². The van der Waals surface area contributed by atoms with Crippen LogP contribution in [0.15, 0.2) is 28.7 Å². The van der Waals surface area contributed by atoms with Gasteiger partial charge in [0.05, 0.1) is 0 Å². The van der Waals surface area contributed by atoms with Gasteiger partial charge in [-0.1, -0.05) is 0 Å². The van der Waals surface area contributed by atoms with Crippen LogP contribution in [-0.4, -0.2) is 54.1 Å². The Balaban J connectivity index is 1.84. The van der Waals surface area contributed by atoms with E-state index in [1.807, 2.05) is 19.0 Å². The summed E-state index contributed by atoms with van der Waals surface area (Å²) in [5.41, 5.74) is 1.25. The van der Waals surface area contributed by atoms with Crippen molar-refractivity contribution in [3.63, 3.8) is 0 Å². The number of carbonyl (C=O) groups is 2. The molecule has 1 heterocycles. The van der Waals surface area contributed by atoms with E-state index in [4.69, 9.17) is 4.42 Å². The number of rotatable bonds is 6. The molecule has 24 heavy (non-hydrogen) atoms. The molecule has 0 unspecified atom stereocenters. The van der Waals surface area contributed by atoms with E-state index in [9.17, 15) is 9.59 Å². The van der Waals surface area contributed by atoms with Crippen molar-refractivity contribution in [2.75, 3.05) is 32.5 Å². The Labute approximate surface area is 140 Å². The molecule has 0 spiro atoms. The summed E-state index contributed by atoms with van der Waals surface area (Å²) in [7, 11) is 3.90. The molecule has 2 rings (SSSR count). The first-order chi connectivity index (χ1) is 11.5. The number of nitrogens with zero attached hydrogens (tertiary/aromatic N) is 3. The molecule has 1 aromatic heterocycles. The summed E-state index contributed by atoms with van der Waals surface area (Å²) in [6.07, 6.45) is 0.782. The molecule has 0 aliphatic heterocycles. The van der Waals surface area contributed by atoms with Gasteiger partial charge in [0.2, 0.25) is 11.8 Å². The molecule has 0 radical (unpaired) electrons. The minimum Gasteiger partial charge on any atom is -0.421 e. The first kappa shape index (κ1) is 17.6. The minimum absolute atomic E-state index is 0.406. The molecule has 2 N–H and O–H groups in total. The first-order valence-electron chi connectivity index (χ1n) is 7.60. The maximum atomic E-state index is 11.8. The Kier molecular flexibility index (Phi) is 6.02. The molecular weight excluding hydrogens is 310 g/mol. The molecule has 2 aromatic rings. The molecule has 0 saturated heterocycles. The highest BCUT2D eigenvalue weighted by molar-refractivity contribution is 6.39. The van der Waals surface area contributed by atoms with Crippen LogP contribution in [0.1, 0.15) is 12.3 Å². The van der Waals surface area contributed by atoms with Crippen LogP contribution in [0.5, 0.6) is 0 Å². The summed E-state index contributed by atoms with van der Waals surface area (Å²) < 4.78 is 5.32. The van der Waals surface area contributed by atoms with E-state index in [0.717, 1.165) is 18.5 Å².